The fourth-order valence-electron chi connectivity index (χ4n) is 3.52. The standard InChI is InChI=1S/C21H26N4O3/c1-16-5-3-7-18(13-16)14-23-9-11-24(12-10-23)15-20(26)22-21-17(2)6-4-8-19(21)25(27)28/h3-8,13H,9-12,14-15H2,1-2H3,(H,22,26). The average Bonchev–Trinajstić information content (AvgIpc) is 2.65. The summed E-state index contributed by atoms with van der Waals surface area (Å²) in [6.07, 6.45) is 0. The van der Waals surface area contributed by atoms with Crippen molar-refractivity contribution in [3.05, 3.63) is 69.3 Å². The molecule has 0 aromatic heterocycles. The lowest BCUT2D eigenvalue weighted by Crippen LogP contribution is -2.48. The molecule has 1 aliphatic rings. The molecule has 1 fully saturated rings. The molecule has 2 aromatic carbocycles. The highest BCUT2D eigenvalue weighted by atomic mass is 16.6. The normalized spacial score (nSPS) is 15.4. The number of anilines is 1. The van der Waals surface area contributed by atoms with Crippen molar-refractivity contribution < 1.29 is 9.72 Å². The first-order valence-corrected chi connectivity index (χ1v) is 9.46. The number of amides is 1. The van der Waals surface area contributed by atoms with E-state index >= 15 is 0 Å². The Balaban J connectivity index is 1.51. The van der Waals surface area contributed by atoms with Gasteiger partial charge in [0.2, 0.25) is 5.91 Å². The van der Waals surface area contributed by atoms with Crippen molar-refractivity contribution in [2.24, 2.45) is 0 Å². The lowest BCUT2D eigenvalue weighted by Gasteiger charge is -2.34. The van der Waals surface area contributed by atoms with E-state index in [-0.39, 0.29) is 23.8 Å². The number of hydrogen-bond donors (Lipinski definition) is 1. The van der Waals surface area contributed by atoms with Gasteiger partial charge >= 0.3 is 0 Å². The Kier molecular flexibility index (Phi) is 6.38. The van der Waals surface area contributed by atoms with Gasteiger partial charge in [-0.25, -0.2) is 0 Å². The molecule has 7 nitrogen and oxygen atoms in total. The van der Waals surface area contributed by atoms with E-state index in [2.05, 4.69) is 46.3 Å². The number of carbonyl (C=O) groups is 1. The van der Waals surface area contributed by atoms with Crippen molar-refractivity contribution in [2.75, 3.05) is 38.0 Å². The van der Waals surface area contributed by atoms with Gasteiger partial charge in [0.15, 0.2) is 0 Å². The molecule has 0 radical (unpaired) electrons. The van der Waals surface area contributed by atoms with Crippen LogP contribution in [0.5, 0.6) is 0 Å². The molecule has 0 atom stereocenters. The third kappa shape index (κ3) is 5.15. The van der Waals surface area contributed by atoms with Crippen LogP contribution >= 0.6 is 0 Å². The largest absolute Gasteiger partial charge is 0.319 e. The molecular weight excluding hydrogens is 356 g/mol. The molecular formula is C21H26N4O3. The minimum Gasteiger partial charge on any atom is -0.319 e. The molecule has 7 heteroatoms. The summed E-state index contributed by atoms with van der Waals surface area (Å²) >= 11 is 0. The number of para-hydroxylation sites is 1. The maximum Gasteiger partial charge on any atom is 0.293 e. The van der Waals surface area contributed by atoms with Gasteiger partial charge in [-0.2, -0.15) is 0 Å². The second-order valence-electron chi connectivity index (χ2n) is 7.32. The zero-order valence-electron chi connectivity index (χ0n) is 16.4. The lowest BCUT2D eigenvalue weighted by molar-refractivity contribution is -0.384. The highest BCUT2D eigenvalue weighted by Gasteiger charge is 2.22. The molecule has 3 rings (SSSR count). The van der Waals surface area contributed by atoms with Gasteiger partial charge in [0, 0.05) is 38.8 Å². The lowest BCUT2D eigenvalue weighted by atomic mass is 10.1. The zero-order chi connectivity index (χ0) is 20.1. The van der Waals surface area contributed by atoms with Crippen LogP contribution in [-0.2, 0) is 11.3 Å². The van der Waals surface area contributed by atoms with Gasteiger partial charge in [0.25, 0.3) is 5.69 Å². The molecule has 0 unspecified atom stereocenters. The number of benzene rings is 2. The Morgan fingerprint density at radius 2 is 1.75 bits per heavy atom. The van der Waals surface area contributed by atoms with Crippen LogP contribution in [0, 0.1) is 24.0 Å². The summed E-state index contributed by atoms with van der Waals surface area (Å²) in [6.45, 7) is 8.40. The van der Waals surface area contributed by atoms with E-state index in [0.717, 1.165) is 32.7 Å². The summed E-state index contributed by atoms with van der Waals surface area (Å²) in [5.74, 6) is -0.218. The van der Waals surface area contributed by atoms with Gasteiger partial charge in [0.1, 0.15) is 5.69 Å². The minimum atomic E-state index is -0.466. The molecule has 0 bridgehead atoms. The number of carbonyl (C=O) groups excluding carboxylic acids is 1. The first-order valence-electron chi connectivity index (χ1n) is 9.46. The van der Waals surface area contributed by atoms with E-state index < -0.39 is 4.92 Å². The van der Waals surface area contributed by atoms with Crippen molar-refractivity contribution in [3.63, 3.8) is 0 Å². The second kappa shape index (κ2) is 8.95. The number of nitrogens with one attached hydrogen (secondary N) is 1. The molecule has 0 spiro atoms. The van der Waals surface area contributed by atoms with Crippen LogP contribution in [0.3, 0.4) is 0 Å². The molecule has 1 aliphatic heterocycles. The van der Waals surface area contributed by atoms with Gasteiger partial charge in [-0.15, -0.1) is 0 Å². The van der Waals surface area contributed by atoms with Crippen molar-refractivity contribution in [3.8, 4) is 0 Å². The predicted molar refractivity (Wildman–Crippen MR) is 109 cm³/mol. The molecule has 2 aromatic rings. The van der Waals surface area contributed by atoms with Crippen molar-refractivity contribution >= 4 is 17.3 Å². The predicted octanol–water partition coefficient (Wildman–Crippen LogP) is 2.97. The summed E-state index contributed by atoms with van der Waals surface area (Å²) in [7, 11) is 0. The number of rotatable bonds is 6. The van der Waals surface area contributed by atoms with Crippen LogP contribution in [0.4, 0.5) is 11.4 Å². The van der Waals surface area contributed by atoms with Crippen LogP contribution < -0.4 is 5.32 Å². The maximum absolute atomic E-state index is 12.4. The van der Waals surface area contributed by atoms with Crippen LogP contribution in [-0.4, -0.2) is 53.4 Å². The van der Waals surface area contributed by atoms with Crippen LogP contribution in [0.1, 0.15) is 16.7 Å². The van der Waals surface area contributed by atoms with E-state index in [1.54, 1.807) is 19.1 Å². The van der Waals surface area contributed by atoms with E-state index in [9.17, 15) is 14.9 Å². The van der Waals surface area contributed by atoms with Gasteiger partial charge in [-0.1, -0.05) is 42.0 Å². The number of nitro groups is 1. The molecule has 1 N–H and O–H groups in total. The quantitative estimate of drug-likeness (QED) is 0.614. The fraction of sp³-hybridized carbons (Fsp3) is 0.381. The first kappa shape index (κ1) is 20.0. The van der Waals surface area contributed by atoms with Crippen LogP contribution in [0.25, 0.3) is 0 Å². The topological polar surface area (TPSA) is 78.7 Å². The smallest absolute Gasteiger partial charge is 0.293 e. The van der Waals surface area contributed by atoms with E-state index in [0.29, 0.717) is 5.56 Å². The summed E-state index contributed by atoms with van der Waals surface area (Å²) in [4.78, 5) is 27.6. The molecule has 1 heterocycles. The van der Waals surface area contributed by atoms with Gasteiger partial charge in [-0.3, -0.25) is 24.7 Å². The minimum absolute atomic E-state index is 0.0728. The molecule has 0 saturated carbocycles. The van der Waals surface area contributed by atoms with E-state index in [1.165, 1.54) is 17.2 Å². The summed E-state index contributed by atoms with van der Waals surface area (Å²) < 4.78 is 0. The Morgan fingerprint density at radius 1 is 1.07 bits per heavy atom. The maximum atomic E-state index is 12.4. The zero-order valence-corrected chi connectivity index (χ0v) is 16.4. The molecule has 28 heavy (non-hydrogen) atoms. The highest BCUT2D eigenvalue weighted by molar-refractivity contribution is 5.95. The monoisotopic (exact) mass is 382 g/mol. The summed E-state index contributed by atoms with van der Waals surface area (Å²) in [6, 6.07) is 13.3. The van der Waals surface area contributed by atoms with Crippen LogP contribution in [0.15, 0.2) is 42.5 Å². The van der Waals surface area contributed by atoms with Crippen molar-refractivity contribution in [2.45, 2.75) is 20.4 Å². The number of nitrogens with zero attached hydrogens (tertiary/aromatic N) is 3. The Morgan fingerprint density at radius 3 is 2.43 bits per heavy atom. The highest BCUT2D eigenvalue weighted by Crippen LogP contribution is 2.27. The van der Waals surface area contributed by atoms with E-state index in [1.807, 2.05) is 0 Å². The number of piperazine rings is 1. The summed E-state index contributed by atoms with van der Waals surface area (Å²) in [5.41, 5.74) is 3.47. The summed E-state index contributed by atoms with van der Waals surface area (Å²) in [5, 5.41) is 13.9. The number of aryl methyl sites for hydroxylation is 2. The SMILES string of the molecule is Cc1cccc(CN2CCN(CC(=O)Nc3c(C)cccc3[N+](=O)[O-])CC2)c1. The Bertz CT molecular complexity index is 860. The number of hydrogen-bond acceptors (Lipinski definition) is 5. The van der Waals surface area contributed by atoms with Gasteiger partial charge in [-0.05, 0) is 25.0 Å². The van der Waals surface area contributed by atoms with E-state index in [4.69, 9.17) is 0 Å². The number of nitro benzene ring substituents is 1. The van der Waals surface area contributed by atoms with Crippen molar-refractivity contribution in [1.29, 1.82) is 0 Å². The van der Waals surface area contributed by atoms with Gasteiger partial charge in [0.05, 0.1) is 11.5 Å². The average molecular weight is 382 g/mol. The molecule has 0 aliphatic carbocycles. The molecule has 148 valence electrons. The Hall–Kier alpha value is -2.77. The van der Waals surface area contributed by atoms with Crippen LogP contribution in [0.2, 0.25) is 0 Å². The fourth-order valence-corrected chi connectivity index (χ4v) is 3.52. The van der Waals surface area contributed by atoms with Gasteiger partial charge < -0.3 is 5.32 Å². The molecule has 1 saturated heterocycles. The third-order valence-electron chi connectivity index (χ3n) is 5.03. The first-order chi connectivity index (χ1) is 13.4. The van der Waals surface area contributed by atoms with Crippen molar-refractivity contribution in [1.82, 2.24) is 9.80 Å². The Labute approximate surface area is 165 Å². The second-order valence-corrected chi connectivity index (χ2v) is 7.32. The third-order valence-corrected chi connectivity index (χ3v) is 5.03. The molecule has 1 amide bonds.